The van der Waals surface area contributed by atoms with E-state index in [1.807, 2.05) is 47.4 Å². The second kappa shape index (κ2) is 6.92. The van der Waals surface area contributed by atoms with Crippen molar-refractivity contribution in [2.45, 2.75) is 12.6 Å². The van der Waals surface area contributed by atoms with E-state index in [-0.39, 0.29) is 12.1 Å². The SMILES string of the molecule is COc1ccccc1NC(=O)N1CCn2cccc2C1c1ccncc1. The molecule has 1 unspecified atom stereocenters. The number of fused-ring (bicyclic) bond motifs is 1. The van der Waals surface area contributed by atoms with E-state index in [1.165, 1.54) is 0 Å². The van der Waals surface area contributed by atoms with Crippen LogP contribution in [0, 0.1) is 0 Å². The van der Waals surface area contributed by atoms with Crippen molar-refractivity contribution in [3.63, 3.8) is 0 Å². The Bertz CT molecular complexity index is 907. The van der Waals surface area contributed by atoms with Gasteiger partial charge in [-0.25, -0.2) is 4.79 Å². The summed E-state index contributed by atoms with van der Waals surface area (Å²) in [5, 5.41) is 2.99. The van der Waals surface area contributed by atoms with Gasteiger partial charge in [0.05, 0.1) is 18.8 Å². The first kappa shape index (κ1) is 16.2. The number of urea groups is 1. The maximum absolute atomic E-state index is 13.1. The number of nitrogens with zero attached hydrogens (tertiary/aromatic N) is 3. The molecule has 0 saturated carbocycles. The van der Waals surface area contributed by atoms with E-state index in [4.69, 9.17) is 4.74 Å². The monoisotopic (exact) mass is 348 g/mol. The number of methoxy groups -OCH3 is 1. The molecule has 2 amide bonds. The van der Waals surface area contributed by atoms with Crippen molar-refractivity contribution >= 4 is 11.7 Å². The lowest BCUT2D eigenvalue weighted by Crippen LogP contribution is -2.44. The van der Waals surface area contributed by atoms with Gasteiger partial charge in [-0.15, -0.1) is 0 Å². The third-order valence-electron chi connectivity index (χ3n) is 4.67. The number of pyridine rings is 1. The summed E-state index contributed by atoms with van der Waals surface area (Å²) in [7, 11) is 1.60. The minimum Gasteiger partial charge on any atom is -0.495 e. The third kappa shape index (κ3) is 2.90. The molecule has 0 bridgehead atoms. The molecule has 6 heteroatoms. The fourth-order valence-corrected chi connectivity index (χ4v) is 3.43. The largest absolute Gasteiger partial charge is 0.495 e. The highest BCUT2D eigenvalue weighted by atomic mass is 16.5. The van der Waals surface area contributed by atoms with Gasteiger partial charge in [0.15, 0.2) is 0 Å². The van der Waals surface area contributed by atoms with Gasteiger partial charge in [-0.2, -0.15) is 0 Å². The summed E-state index contributed by atoms with van der Waals surface area (Å²) in [5.41, 5.74) is 2.79. The van der Waals surface area contributed by atoms with Gasteiger partial charge in [0.25, 0.3) is 0 Å². The van der Waals surface area contributed by atoms with Crippen molar-refractivity contribution in [3.8, 4) is 5.75 Å². The molecule has 1 atom stereocenters. The number of para-hydroxylation sites is 2. The first-order valence-electron chi connectivity index (χ1n) is 8.53. The first-order chi connectivity index (χ1) is 12.8. The summed E-state index contributed by atoms with van der Waals surface area (Å²) in [6, 6.07) is 15.1. The Labute approximate surface area is 152 Å². The van der Waals surface area contributed by atoms with Crippen molar-refractivity contribution in [3.05, 3.63) is 78.4 Å². The Morgan fingerprint density at radius 2 is 1.92 bits per heavy atom. The van der Waals surface area contributed by atoms with E-state index in [0.717, 1.165) is 17.8 Å². The van der Waals surface area contributed by atoms with Crippen molar-refractivity contribution in [1.82, 2.24) is 14.5 Å². The Kier molecular flexibility index (Phi) is 4.31. The number of carbonyl (C=O) groups is 1. The third-order valence-corrected chi connectivity index (χ3v) is 4.67. The summed E-state index contributed by atoms with van der Waals surface area (Å²) in [6.45, 7) is 1.39. The van der Waals surface area contributed by atoms with Crippen LogP contribution in [-0.4, -0.2) is 34.1 Å². The molecule has 1 N–H and O–H groups in total. The number of hydrogen-bond donors (Lipinski definition) is 1. The van der Waals surface area contributed by atoms with Gasteiger partial charge in [-0.3, -0.25) is 4.98 Å². The Morgan fingerprint density at radius 1 is 1.12 bits per heavy atom. The molecular weight excluding hydrogens is 328 g/mol. The predicted octanol–water partition coefficient (Wildman–Crippen LogP) is 3.53. The number of rotatable bonds is 3. The average molecular weight is 348 g/mol. The Hall–Kier alpha value is -3.28. The fourth-order valence-electron chi connectivity index (χ4n) is 3.43. The number of nitrogens with one attached hydrogen (secondary N) is 1. The lowest BCUT2D eigenvalue weighted by molar-refractivity contribution is 0.181. The minimum atomic E-state index is -0.156. The van der Waals surface area contributed by atoms with Crippen LogP contribution in [0.3, 0.4) is 0 Å². The second-order valence-corrected chi connectivity index (χ2v) is 6.13. The van der Waals surface area contributed by atoms with Crippen LogP contribution >= 0.6 is 0 Å². The number of anilines is 1. The minimum absolute atomic E-state index is 0.149. The maximum atomic E-state index is 13.1. The number of benzene rings is 1. The number of ether oxygens (including phenoxy) is 1. The lowest BCUT2D eigenvalue weighted by atomic mass is 10.0. The number of hydrogen-bond acceptors (Lipinski definition) is 3. The molecule has 26 heavy (non-hydrogen) atoms. The molecule has 0 radical (unpaired) electrons. The van der Waals surface area contributed by atoms with Crippen LogP contribution in [0.1, 0.15) is 17.3 Å². The quantitative estimate of drug-likeness (QED) is 0.788. The molecule has 2 aromatic heterocycles. The van der Waals surface area contributed by atoms with Gasteiger partial charge in [0, 0.05) is 37.4 Å². The highest BCUT2D eigenvalue weighted by molar-refractivity contribution is 5.91. The van der Waals surface area contributed by atoms with Gasteiger partial charge in [-0.05, 0) is 42.0 Å². The molecule has 132 valence electrons. The van der Waals surface area contributed by atoms with E-state index in [0.29, 0.717) is 18.0 Å². The van der Waals surface area contributed by atoms with Crippen molar-refractivity contribution < 1.29 is 9.53 Å². The van der Waals surface area contributed by atoms with Crippen LogP contribution in [-0.2, 0) is 6.54 Å². The number of carbonyl (C=O) groups excluding carboxylic acids is 1. The van der Waals surface area contributed by atoms with E-state index in [9.17, 15) is 4.79 Å². The second-order valence-electron chi connectivity index (χ2n) is 6.13. The zero-order valence-corrected chi connectivity index (χ0v) is 14.5. The van der Waals surface area contributed by atoms with E-state index in [2.05, 4.69) is 27.1 Å². The van der Waals surface area contributed by atoms with Crippen molar-refractivity contribution in [2.24, 2.45) is 0 Å². The first-order valence-corrected chi connectivity index (χ1v) is 8.53. The highest BCUT2D eigenvalue weighted by Gasteiger charge is 2.32. The molecule has 3 aromatic rings. The summed E-state index contributed by atoms with van der Waals surface area (Å²) >= 11 is 0. The van der Waals surface area contributed by atoms with Gasteiger partial charge >= 0.3 is 6.03 Å². The van der Waals surface area contributed by atoms with Crippen LogP contribution < -0.4 is 10.1 Å². The smallest absolute Gasteiger partial charge is 0.322 e. The predicted molar refractivity (Wildman–Crippen MR) is 99.2 cm³/mol. The fraction of sp³-hybridized carbons (Fsp3) is 0.200. The van der Waals surface area contributed by atoms with Crippen LogP contribution in [0.5, 0.6) is 5.75 Å². The molecule has 1 aliphatic heterocycles. The lowest BCUT2D eigenvalue weighted by Gasteiger charge is -2.37. The molecule has 0 aliphatic carbocycles. The van der Waals surface area contributed by atoms with Crippen LogP contribution in [0.25, 0.3) is 0 Å². The average Bonchev–Trinajstić information content (AvgIpc) is 3.17. The molecule has 0 spiro atoms. The summed E-state index contributed by atoms with van der Waals surface area (Å²) in [6.07, 6.45) is 5.57. The molecular formula is C20H20N4O2. The van der Waals surface area contributed by atoms with Gasteiger partial charge in [0.1, 0.15) is 5.75 Å². The highest BCUT2D eigenvalue weighted by Crippen LogP contribution is 2.33. The molecule has 6 nitrogen and oxygen atoms in total. The zero-order valence-electron chi connectivity index (χ0n) is 14.5. The molecule has 1 aromatic carbocycles. The van der Waals surface area contributed by atoms with Crippen LogP contribution in [0.2, 0.25) is 0 Å². The summed E-state index contributed by atoms with van der Waals surface area (Å²) in [5.74, 6) is 0.640. The van der Waals surface area contributed by atoms with Crippen LogP contribution in [0.15, 0.2) is 67.1 Å². The standard InChI is InChI=1S/C20H20N4O2/c1-26-18-7-3-2-5-16(18)22-20(25)24-14-13-23-12-4-6-17(23)19(24)15-8-10-21-11-9-15/h2-12,19H,13-14H2,1H3,(H,22,25). The Morgan fingerprint density at radius 3 is 2.73 bits per heavy atom. The van der Waals surface area contributed by atoms with Crippen LogP contribution in [0.4, 0.5) is 10.5 Å². The molecule has 4 rings (SSSR count). The Balaban J connectivity index is 1.67. The maximum Gasteiger partial charge on any atom is 0.322 e. The molecule has 1 aliphatic rings. The molecule has 0 saturated heterocycles. The topological polar surface area (TPSA) is 59.4 Å². The van der Waals surface area contributed by atoms with E-state index >= 15 is 0 Å². The van der Waals surface area contributed by atoms with Gasteiger partial charge < -0.3 is 19.5 Å². The normalized spacial score (nSPS) is 16.0. The molecule has 3 heterocycles. The van der Waals surface area contributed by atoms with Gasteiger partial charge in [-0.1, -0.05) is 12.1 Å². The molecule has 0 fully saturated rings. The van der Waals surface area contributed by atoms with E-state index in [1.54, 1.807) is 19.5 Å². The van der Waals surface area contributed by atoms with E-state index < -0.39 is 0 Å². The van der Waals surface area contributed by atoms with Crippen molar-refractivity contribution in [1.29, 1.82) is 0 Å². The summed E-state index contributed by atoms with van der Waals surface area (Å²) in [4.78, 5) is 19.0. The summed E-state index contributed by atoms with van der Waals surface area (Å²) < 4.78 is 7.54. The zero-order chi connectivity index (χ0) is 17.9. The van der Waals surface area contributed by atoms with Gasteiger partial charge in [0.2, 0.25) is 0 Å². The number of aromatic nitrogens is 2. The van der Waals surface area contributed by atoms with Crippen molar-refractivity contribution in [2.75, 3.05) is 19.0 Å². The number of amides is 2.